The van der Waals surface area contributed by atoms with Gasteiger partial charge in [0.2, 0.25) is 0 Å². The number of alkyl halides is 3. The van der Waals surface area contributed by atoms with E-state index in [1.165, 1.54) is 11.8 Å². The van der Waals surface area contributed by atoms with Crippen molar-refractivity contribution in [3.8, 4) is 11.1 Å². The van der Waals surface area contributed by atoms with Crippen LogP contribution < -0.4 is 5.32 Å². The Bertz CT molecular complexity index is 1140. The first-order chi connectivity index (χ1) is 15.3. The summed E-state index contributed by atoms with van der Waals surface area (Å²) in [5.74, 6) is -1.86. The summed E-state index contributed by atoms with van der Waals surface area (Å²) in [6.45, 7) is 1.79. The zero-order chi connectivity index (χ0) is 22.7. The third kappa shape index (κ3) is 4.86. The van der Waals surface area contributed by atoms with Crippen molar-refractivity contribution in [3.05, 3.63) is 83.7 Å². The van der Waals surface area contributed by atoms with E-state index in [1.54, 1.807) is 55.1 Å². The number of halogens is 3. The Morgan fingerprint density at radius 3 is 2.34 bits per heavy atom. The lowest BCUT2D eigenvalue weighted by molar-refractivity contribution is -0.227. The molecule has 0 fully saturated rings. The molecular formula is C22H17F3N4O2S. The number of hydrogen-bond donors (Lipinski definition) is 1. The van der Waals surface area contributed by atoms with Crippen LogP contribution in [0.15, 0.2) is 72.4 Å². The molecule has 1 atom stereocenters. The number of nitrogens with one attached hydrogen (secondary N) is 1. The van der Waals surface area contributed by atoms with E-state index in [0.29, 0.717) is 17.1 Å². The van der Waals surface area contributed by atoms with Crippen LogP contribution in [0.2, 0.25) is 0 Å². The van der Waals surface area contributed by atoms with Gasteiger partial charge in [0.05, 0.1) is 5.70 Å². The van der Waals surface area contributed by atoms with Crippen molar-refractivity contribution in [3.63, 3.8) is 0 Å². The summed E-state index contributed by atoms with van der Waals surface area (Å²) >= 11 is 1.17. The maximum atomic E-state index is 12.9. The summed E-state index contributed by atoms with van der Waals surface area (Å²) in [7, 11) is 0. The number of aryl methyl sites for hydroxylation is 1. The van der Waals surface area contributed by atoms with Gasteiger partial charge in [0, 0.05) is 29.1 Å². The number of carbonyl (C=O) groups is 1. The molecule has 0 aliphatic carbocycles. The van der Waals surface area contributed by atoms with Crippen LogP contribution in [-0.4, -0.2) is 32.7 Å². The third-order valence-corrected chi connectivity index (χ3v) is 5.45. The monoisotopic (exact) mass is 458 g/mol. The molecule has 164 valence electrons. The Kier molecular flexibility index (Phi) is 6.04. The quantitative estimate of drug-likeness (QED) is 0.563. The Hall–Kier alpha value is -3.53. The number of aromatic nitrogens is 2. The smallest absolute Gasteiger partial charge is 0.339 e. The standard InChI is InChI=1S/C22H17F3N4O2S/c1-14-3-2-4-19(27-14)28-21-29(31-20(30)22(23,24)25)18(13-32-21)17-7-5-15(6-8-17)16-9-11-26-12-10-16/h2-13,21H,1H3,(H,27,28). The van der Waals surface area contributed by atoms with E-state index in [0.717, 1.165) is 21.9 Å². The van der Waals surface area contributed by atoms with Crippen molar-refractivity contribution in [1.29, 1.82) is 0 Å². The second-order valence-corrected chi connectivity index (χ2v) is 7.77. The average Bonchev–Trinajstić information content (AvgIpc) is 3.16. The Balaban J connectivity index is 1.60. The fourth-order valence-electron chi connectivity index (χ4n) is 3.02. The minimum atomic E-state index is -5.13. The van der Waals surface area contributed by atoms with E-state index < -0.39 is 17.6 Å². The van der Waals surface area contributed by atoms with Crippen LogP contribution in [0.4, 0.5) is 19.0 Å². The molecule has 0 radical (unpaired) electrons. The second-order valence-electron chi connectivity index (χ2n) is 6.82. The molecule has 1 aliphatic rings. The minimum Gasteiger partial charge on any atom is -0.339 e. The van der Waals surface area contributed by atoms with Crippen LogP contribution in [0.5, 0.6) is 0 Å². The molecule has 1 aromatic carbocycles. The first-order valence-electron chi connectivity index (χ1n) is 9.46. The molecule has 0 bridgehead atoms. The van der Waals surface area contributed by atoms with Crippen molar-refractivity contribution in [2.75, 3.05) is 5.32 Å². The highest BCUT2D eigenvalue weighted by molar-refractivity contribution is 8.03. The van der Waals surface area contributed by atoms with Gasteiger partial charge in [0.15, 0.2) is 5.50 Å². The summed E-state index contributed by atoms with van der Waals surface area (Å²) in [5.41, 5.74) is 2.68. The van der Waals surface area contributed by atoms with Gasteiger partial charge in [-0.25, -0.2) is 9.78 Å². The van der Waals surface area contributed by atoms with Gasteiger partial charge in [0.25, 0.3) is 0 Å². The van der Waals surface area contributed by atoms with Gasteiger partial charge in [-0.15, -0.1) is 0 Å². The maximum Gasteiger partial charge on any atom is 0.493 e. The summed E-state index contributed by atoms with van der Waals surface area (Å²) in [5, 5.41) is 5.56. The van der Waals surface area contributed by atoms with E-state index in [1.807, 2.05) is 24.3 Å². The molecule has 10 heteroatoms. The Labute approximate surface area is 186 Å². The number of hydroxylamine groups is 2. The molecule has 6 nitrogen and oxygen atoms in total. The molecule has 0 saturated heterocycles. The van der Waals surface area contributed by atoms with Crippen LogP contribution >= 0.6 is 11.8 Å². The lowest BCUT2D eigenvalue weighted by Gasteiger charge is -2.28. The Morgan fingerprint density at radius 2 is 1.69 bits per heavy atom. The van der Waals surface area contributed by atoms with Crippen molar-refractivity contribution in [2.45, 2.75) is 18.6 Å². The molecule has 2 aromatic heterocycles. The zero-order valence-corrected chi connectivity index (χ0v) is 17.5. The lowest BCUT2D eigenvalue weighted by Crippen LogP contribution is -2.40. The van der Waals surface area contributed by atoms with Gasteiger partial charge in [0.1, 0.15) is 5.82 Å². The largest absolute Gasteiger partial charge is 0.493 e. The summed E-state index contributed by atoms with van der Waals surface area (Å²) in [6.07, 6.45) is -1.78. The molecule has 1 aliphatic heterocycles. The highest BCUT2D eigenvalue weighted by Crippen LogP contribution is 2.38. The van der Waals surface area contributed by atoms with Gasteiger partial charge in [-0.05, 0) is 42.3 Å². The lowest BCUT2D eigenvalue weighted by atomic mass is 10.0. The van der Waals surface area contributed by atoms with E-state index in [2.05, 4.69) is 15.3 Å². The predicted molar refractivity (Wildman–Crippen MR) is 116 cm³/mol. The Morgan fingerprint density at radius 1 is 1.03 bits per heavy atom. The molecule has 0 saturated carbocycles. The first-order valence-corrected chi connectivity index (χ1v) is 10.4. The number of rotatable bonds is 5. The van der Waals surface area contributed by atoms with Gasteiger partial charge >= 0.3 is 12.1 Å². The van der Waals surface area contributed by atoms with Crippen molar-refractivity contribution in [2.24, 2.45) is 0 Å². The molecule has 3 heterocycles. The average molecular weight is 458 g/mol. The van der Waals surface area contributed by atoms with E-state index in [9.17, 15) is 18.0 Å². The van der Waals surface area contributed by atoms with Crippen LogP contribution in [0.25, 0.3) is 16.8 Å². The van der Waals surface area contributed by atoms with Gasteiger partial charge in [-0.3, -0.25) is 4.98 Å². The number of thioether (sulfide) groups is 1. The number of benzene rings is 1. The van der Waals surface area contributed by atoms with Crippen molar-refractivity contribution < 1.29 is 22.8 Å². The maximum absolute atomic E-state index is 12.9. The number of anilines is 1. The van der Waals surface area contributed by atoms with Crippen molar-refractivity contribution in [1.82, 2.24) is 15.0 Å². The van der Waals surface area contributed by atoms with E-state index in [4.69, 9.17) is 4.84 Å². The van der Waals surface area contributed by atoms with Crippen LogP contribution in [-0.2, 0) is 9.63 Å². The molecule has 0 spiro atoms. The van der Waals surface area contributed by atoms with Gasteiger partial charge in [-0.2, -0.15) is 18.2 Å². The van der Waals surface area contributed by atoms with Crippen LogP contribution in [0.3, 0.4) is 0 Å². The predicted octanol–water partition coefficient (Wildman–Crippen LogP) is 5.22. The third-order valence-electron chi connectivity index (χ3n) is 4.53. The summed E-state index contributed by atoms with van der Waals surface area (Å²) < 4.78 is 38.7. The molecule has 4 rings (SSSR count). The highest BCUT2D eigenvalue weighted by Gasteiger charge is 2.45. The normalized spacial score (nSPS) is 15.9. The number of carbonyl (C=O) groups excluding carboxylic acids is 1. The fraction of sp³-hybridized carbons (Fsp3) is 0.136. The highest BCUT2D eigenvalue weighted by atomic mass is 32.2. The SMILES string of the molecule is Cc1cccc(NC2SC=C(c3ccc(-c4ccncc4)cc3)N2OC(=O)C(F)(F)F)n1. The molecule has 0 amide bonds. The van der Waals surface area contributed by atoms with Crippen LogP contribution in [0, 0.1) is 6.92 Å². The molecule has 1 unspecified atom stereocenters. The topological polar surface area (TPSA) is 67.3 Å². The summed E-state index contributed by atoms with van der Waals surface area (Å²) in [6, 6.07) is 16.1. The number of nitrogens with zero attached hydrogens (tertiary/aromatic N) is 3. The molecule has 3 aromatic rings. The zero-order valence-electron chi connectivity index (χ0n) is 16.7. The summed E-state index contributed by atoms with van der Waals surface area (Å²) in [4.78, 5) is 24.7. The van der Waals surface area contributed by atoms with Crippen LogP contribution in [0.1, 0.15) is 11.3 Å². The molecule has 32 heavy (non-hydrogen) atoms. The van der Waals surface area contributed by atoms with E-state index >= 15 is 0 Å². The minimum absolute atomic E-state index is 0.319. The van der Waals surface area contributed by atoms with E-state index in [-0.39, 0.29) is 0 Å². The first kappa shape index (κ1) is 21.7. The molecule has 1 N–H and O–H groups in total. The number of pyridine rings is 2. The number of hydrogen-bond acceptors (Lipinski definition) is 7. The fourth-order valence-corrected chi connectivity index (χ4v) is 3.97. The van der Waals surface area contributed by atoms with Crippen molar-refractivity contribution >= 4 is 29.2 Å². The molecular weight excluding hydrogens is 441 g/mol. The van der Waals surface area contributed by atoms with Gasteiger partial charge in [-0.1, -0.05) is 42.1 Å². The van der Waals surface area contributed by atoms with Gasteiger partial charge < -0.3 is 10.2 Å². The second kappa shape index (κ2) is 8.91.